The first-order chi connectivity index (χ1) is 4.61. The Kier molecular flexibility index (Phi) is 1.76. The van der Waals surface area contributed by atoms with Crippen LogP contribution in [0.4, 0.5) is 0 Å². The summed E-state index contributed by atoms with van der Waals surface area (Å²) in [6.07, 6.45) is 2.02. The summed E-state index contributed by atoms with van der Waals surface area (Å²) in [6, 6.07) is 0.341. The minimum Gasteiger partial charge on any atom is -0.351 e. The highest BCUT2D eigenvalue weighted by Crippen LogP contribution is 2.10. The van der Waals surface area contributed by atoms with Gasteiger partial charge in [-0.15, -0.1) is 0 Å². The first-order valence-corrected chi connectivity index (χ1v) is 3.44. The van der Waals surface area contributed by atoms with Gasteiger partial charge in [0.05, 0.1) is 5.69 Å². The monoisotopic (exact) mass is 140 g/mol. The first kappa shape index (κ1) is 7.28. The van der Waals surface area contributed by atoms with Crippen LogP contribution in [0, 0.1) is 6.92 Å². The number of aryl methyl sites for hydroxylation is 2. The third kappa shape index (κ3) is 1.19. The van der Waals surface area contributed by atoms with E-state index in [0.29, 0.717) is 6.04 Å². The summed E-state index contributed by atoms with van der Waals surface area (Å²) in [5.74, 6) is 0. The molecule has 1 aromatic rings. The van der Waals surface area contributed by atoms with E-state index in [2.05, 4.69) is 17.8 Å². The summed E-state index contributed by atoms with van der Waals surface area (Å²) in [6.45, 7) is 4.08. The highest BCUT2D eigenvalue weighted by molar-refractivity contribution is 5.16. The summed E-state index contributed by atoms with van der Waals surface area (Å²) in [7, 11) is 1.93. The zero-order chi connectivity index (χ0) is 7.72. The fraction of sp³-hybridized carbons (Fsp3) is 0.571. The molecule has 0 aromatic carbocycles. The van der Waals surface area contributed by atoms with Gasteiger partial charge < -0.3 is 5.73 Å². The molecule has 3 nitrogen and oxygen atoms in total. The molecule has 0 saturated heterocycles. The van der Waals surface area contributed by atoms with Crippen molar-refractivity contribution in [3.8, 4) is 0 Å². The van der Waals surface area contributed by atoms with Gasteiger partial charge in [-0.2, -0.15) is 5.10 Å². The number of aromatic nitrogens is 2. The van der Waals surface area contributed by atoms with Crippen LogP contribution in [0.2, 0.25) is 0 Å². The van der Waals surface area contributed by atoms with E-state index >= 15 is 0 Å². The van der Waals surface area contributed by atoms with Gasteiger partial charge in [-0.3, -0.25) is 4.68 Å². The molecule has 1 aromatic heterocycles. The molecule has 0 aliphatic carbocycles. The highest BCUT2D eigenvalue weighted by Gasteiger charge is 2.08. The van der Waals surface area contributed by atoms with E-state index < -0.39 is 0 Å². The van der Waals surface area contributed by atoms with Gasteiger partial charge in [0.15, 0.2) is 0 Å². The Morgan fingerprint density at radius 3 is 2.50 bits per heavy atom. The van der Waals surface area contributed by atoms with Gasteiger partial charge in [0.2, 0.25) is 0 Å². The predicted molar refractivity (Wildman–Crippen MR) is 39.2 cm³/mol. The largest absolute Gasteiger partial charge is 0.351 e. The lowest BCUT2D eigenvalue weighted by Gasteiger charge is -1.96. The van der Waals surface area contributed by atoms with Crippen LogP contribution in [0.5, 0.6) is 0 Å². The van der Waals surface area contributed by atoms with E-state index in [1.54, 1.807) is 0 Å². The maximum atomic E-state index is 4.21. The second-order valence-electron chi connectivity index (χ2n) is 2.74. The van der Waals surface area contributed by atoms with E-state index in [1.807, 2.05) is 24.9 Å². The number of hydrogen-bond donors (Lipinski definition) is 1. The van der Waals surface area contributed by atoms with Gasteiger partial charge in [0, 0.05) is 18.8 Å². The molecule has 0 saturated carbocycles. The van der Waals surface area contributed by atoms with Crippen molar-refractivity contribution in [1.82, 2.24) is 9.78 Å². The Labute approximate surface area is 60.8 Å². The topological polar surface area (TPSA) is 45.5 Å². The van der Waals surface area contributed by atoms with Crippen molar-refractivity contribution in [2.75, 3.05) is 0 Å². The van der Waals surface area contributed by atoms with Crippen molar-refractivity contribution < 1.29 is 5.73 Å². The lowest BCUT2D eigenvalue weighted by molar-refractivity contribution is -0.420. The molecule has 0 fully saturated rings. The van der Waals surface area contributed by atoms with Crippen molar-refractivity contribution in [3.63, 3.8) is 0 Å². The molecule has 1 rings (SSSR count). The number of quaternary nitrogens is 1. The van der Waals surface area contributed by atoms with Gasteiger partial charge in [0.25, 0.3) is 0 Å². The lowest BCUT2D eigenvalue weighted by Crippen LogP contribution is -2.51. The van der Waals surface area contributed by atoms with Crippen LogP contribution in [0.3, 0.4) is 0 Å². The molecule has 0 bridgehead atoms. The van der Waals surface area contributed by atoms with Crippen molar-refractivity contribution in [1.29, 1.82) is 0 Å². The second-order valence-corrected chi connectivity index (χ2v) is 2.74. The van der Waals surface area contributed by atoms with E-state index in [0.717, 1.165) is 5.69 Å². The molecule has 0 aliphatic heterocycles. The average Bonchev–Trinajstić information content (AvgIpc) is 2.10. The zero-order valence-corrected chi connectivity index (χ0v) is 6.76. The second kappa shape index (κ2) is 2.42. The normalized spacial score (nSPS) is 13.6. The maximum absolute atomic E-state index is 4.21. The van der Waals surface area contributed by atoms with Crippen LogP contribution in [-0.4, -0.2) is 9.78 Å². The summed E-state index contributed by atoms with van der Waals surface area (Å²) in [5.41, 5.74) is 6.26. The van der Waals surface area contributed by atoms with Crippen LogP contribution >= 0.6 is 0 Å². The summed E-state index contributed by atoms with van der Waals surface area (Å²) >= 11 is 0. The molecule has 0 unspecified atom stereocenters. The Morgan fingerprint density at radius 2 is 2.30 bits per heavy atom. The lowest BCUT2D eigenvalue weighted by atomic mass is 10.1. The molecule has 3 N–H and O–H groups in total. The fourth-order valence-corrected chi connectivity index (χ4v) is 1.10. The molecule has 1 heterocycles. The number of nitrogens with zero attached hydrogens (tertiary/aromatic N) is 2. The summed E-state index contributed by atoms with van der Waals surface area (Å²) in [5, 5.41) is 4.21. The predicted octanol–water partition coefficient (Wildman–Crippen LogP) is 0.0314. The molecular weight excluding hydrogens is 126 g/mol. The van der Waals surface area contributed by atoms with Crippen molar-refractivity contribution in [2.45, 2.75) is 19.9 Å². The Hall–Kier alpha value is -0.830. The molecule has 10 heavy (non-hydrogen) atoms. The molecular formula is C7H14N3+. The molecule has 1 atom stereocenters. The average molecular weight is 140 g/mol. The van der Waals surface area contributed by atoms with E-state index in [-0.39, 0.29) is 0 Å². The maximum Gasteiger partial charge on any atom is 0.110 e. The Morgan fingerprint density at radius 1 is 1.70 bits per heavy atom. The minimum absolute atomic E-state index is 0.341. The van der Waals surface area contributed by atoms with E-state index in [1.165, 1.54) is 5.56 Å². The van der Waals surface area contributed by atoms with Gasteiger partial charge >= 0.3 is 0 Å². The van der Waals surface area contributed by atoms with Gasteiger partial charge in [-0.25, -0.2) is 0 Å². The molecule has 3 heteroatoms. The molecule has 56 valence electrons. The Balaban J connectivity index is 3.03. The van der Waals surface area contributed by atoms with Crippen molar-refractivity contribution in [2.24, 2.45) is 7.05 Å². The van der Waals surface area contributed by atoms with Gasteiger partial charge in [-0.05, 0) is 13.8 Å². The number of rotatable bonds is 1. The molecule has 0 radical (unpaired) electrons. The highest BCUT2D eigenvalue weighted by atomic mass is 15.2. The van der Waals surface area contributed by atoms with Crippen molar-refractivity contribution in [3.05, 3.63) is 17.5 Å². The Bertz CT molecular complexity index is 225. The van der Waals surface area contributed by atoms with Crippen LogP contribution in [0.25, 0.3) is 0 Å². The minimum atomic E-state index is 0.341. The fourth-order valence-electron chi connectivity index (χ4n) is 1.10. The van der Waals surface area contributed by atoms with E-state index in [9.17, 15) is 0 Å². The van der Waals surface area contributed by atoms with Crippen LogP contribution in [-0.2, 0) is 7.05 Å². The molecule has 0 aliphatic rings. The van der Waals surface area contributed by atoms with E-state index in [4.69, 9.17) is 0 Å². The molecule has 0 amide bonds. The SMILES string of the molecule is Cc1nn(C)cc1[C@H](C)[NH3+]. The number of hydrogen-bond acceptors (Lipinski definition) is 1. The smallest absolute Gasteiger partial charge is 0.110 e. The standard InChI is InChI=1S/C7H13N3/c1-5(8)7-4-10(3)9-6(7)2/h4-5H,8H2,1-3H3/p+1/t5-/m0/s1. The zero-order valence-electron chi connectivity index (χ0n) is 6.76. The van der Waals surface area contributed by atoms with Crippen LogP contribution in [0.1, 0.15) is 24.2 Å². The first-order valence-electron chi connectivity index (χ1n) is 3.44. The van der Waals surface area contributed by atoms with Crippen LogP contribution < -0.4 is 5.73 Å². The van der Waals surface area contributed by atoms with Gasteiger partial charge in [0.1, 0.15) is 6.04 Å². The molecule has 0 spiro atoms. The van der Waals surface area contributed by atoms with Crippen molar-refractivity contribution >= 4 is 0 Å². The van der Waals surface area contributed by atoms with Crippen LogP contribution in [0.15, 0.2) is 6.20 Å². The summed E-state index contributed by atoms with van der Waals surface area (Å²) in [4.78, 5) is 0. The third-order valence-electron chi connectivity index (χ3n) is 1.58. The van der Waals surface area contributed by atoms with Gasteiger partial charge in [-0.1, -0.05) is 0 Å². The quantitative estimate of drug-likeness (QED) is 0.587. The summed E-state index contributed by atoms with van der Waals surface area (Å²) < 4.78 is 1.83. The third-order valence-corrected chi connectivity index (χ3v) is 1.58.